The Kier molecular flexibility index (Phi) is 3.43. The minimum atomic E-state index is -0.491. The molecule has 0 fully saturated rings. The third kappa shape index (κ3) is 2.64. The third-order valence-corrected chi connectivity index (χ3v) is 3.32. The van der Waals surface area contributed by atoms with Crippen LogP contribution >= 0.6 is 11.6 Å². The molecule has 1 aromatic heterocycles. The number of nitrogens with zero attached hydrogens (tertiary/aromatic N) is 2. The van der Waals surface area contributed by atoms with Gasteiger partial charge in [-0.15, -0.1) is 0 Å². The second-order valence-corrected chi connectivity index (χ2v) is 4.85. The quantitative estimate of drug-likeness (QED) is 0.749. The average Bonchev–Trinajstić information content (AvgIpc) is 2.50. The number of pyridine rings is 1. The van der Waals surface area contributed by atoms with Crippen molar-refractivity contribution in [2.24, 2.45) is 0 Å². The van der Waals surface area contributed by atoms with Crippen LogP contribution in [0, 0.1) is 17.1 Å². The van der Waals surface area contributed by atoms with E-state index < -0.39 is 5.82 Å². The molecule has 3 rings (SSSR count). The van der Waals surface area contributed by atoms with Crippen molar-refractivity contribution in [3.8, 4) is 6.07 Å². The molecule has 1 N–H and O–H groups in total. The molecule has 0 saturated carbocycles. The number of rotatable bonds is 2. The van der Waals surface area contributed by atoms with Gasteiger partial charge in [0.05, 0.1) is 16.1 Å². The minimum absolute atomic E-state index is 0.0132. The van der Waals surface area contributed by atoms with Gasteiger partial charge in [-0.3, -0.25) is 0 Å². The van der Waals surface area contributed by atoms with Crippen LogP contribution in [0.5, 0.6) is 0 Å². The molecular formula is C16H9ClFN3. The molecule has 0 unspecified atom stereocenters. The van der Waals surface area contributed by atoms with Gasteiger partial charge >= 0.3 is 0 Å². The molecule has 0 aliphatic heterocycles. The molecule has 1 heterocycles. The minimum Gasteiger partial charge on any atom is -0.339 e. The van der Waals surface area contributed by atoms with E-state index in [4.69, 9.17) is 11.6 Å². The molecule has 0 aliphatic rings. The van der Waals surface area contributed by atoms with Crippen molar-refractivity contribution in [2.75, 3.05) is 5.32 Å². The monoisotopic (exact) mass is 297 g/mol. The van der Waals surface area contributed by atoms with Gasteiger partial charge in [-0.2, -0.15) is 5.26 Å². The third-order valence-electron chi connectivity index (χ3n) is 3.03. The summed E-state index contributed by atoms with van der Waals surface area (Å²) in [5.41, 5.74) is 1.75. The zero-order valence-corrected chi connectivity index (χ0v) is 11.5. The molecular weight excluding hydrogens is 289 g/mol. The second kappa shape index (κ2) is 5.39. The first-order valence-electron chi connectivity index (χ1n) is 6.19. The number of hydrogen-bond acceptors (Lipinski definition) is 3. The Hall–Kier alpha value is -2.64. The number of nitrogens with one attached hydrogen (secondary N) is 1. The maximum Gasteiger partial charge on any atom is 0.149 e. The highest BCUT2D eigenvalue weighted by atomic mass is 35.5. The lowest BCUT2D eigenvalue weighted by atomic mass is 10.1. The zero-order valence-electron chi connectivity index (χ0n) is 10.8. The molecule has 102 valence electrons. The van der Waals surface area contributed by atoms with Crippen molar-refractivity contribution in [3.05, 3.63) is 64.9 Å². The fourth-order valence-corrected chi connectivity index (χ4v) is 2.19. The van der Waals surface area contributed by atoms with Gasteiger partial charge in [0, 0.05) is 11.1 Å². The summed E-state index contributed by atoms with van der Waals surface area (Å²) >= 11 is 5.75. The fourth-order valence-electron chi connectivity index (χ4n) is 2.01. The molecule has 2 aromatic carbocycles. The molecule has 0 atom stereocenters. The van der Waals surface area contributed by atoms with Crippen molar-refractivity contribution in [2.45, 2.75) is 0 Å². The van der Waals surface area contributed by atoms with Crippen LogP contribution in [-0.4, -0.2) is 4.98 Å². The fraction of sp³-hybridized carbons (Fsp3) is 0. The smallest absolute Gasteiger partial charge is 0.149 e. The highest BCUT2D eigenvalue weighted by Gasteiger charge is 2.08. The van der Waals surface area contributed by atoms with Crippen LogP contribution in [0.1, 0.15) is 5.56 Å². The standard InChI is InChI=1S/C16H9ClFN3/c17-13-8-12(5-6-14(13)18)20-16-11(9-19)7-10-3-1-2-4-15(10)21-16/h1-8H,(H,20,21). The Morgan fingerprint density at radius 2 is 1.95 bits per heavy atom. The van der Waals surface area contributed by atoms with Crippen LogP contribution in [0.4, 0.5) is 15.9 Å². The SMILES string of the molecule is N#Cc1cc2ccccc2nc1Nc1ccc(F)c(Cl)c1. The molecule has 0 spiro atoms. The van der Waals surface area contributed by atoms with E-state index in [2.05, 4.69) is 16.4 Å². The summed E-state index contributed by atoms with van der Waals surface area (Å²) in [7, 11) is 0. The summed E-state index contributed by atoms with van der Waals surface area (Å²) in [6.07, 6.45) is 0. The lowest BCUT2D eigenvalue weighted by Crippen LogP contribution is -1.98. The first-order chi connectivity index (χ1) is 10.2. The van der Waals surface area contributed by atoms with Crippen molar-refractivity contribution in [1.29, 1.82) is 5.26 Å². The summed E-state index contributed by atoms with van der Waals surface area (Å²) in [4.78, 5) is 4.42. The van der Waals surface area contributed by atoms with E-state index in [1.807, 2.05) is 24.3 Å². The van der Waals surface area contributed by atoms with Crippen LogP contribution < -0.4 is 5.32 Å². The van der Waals surface area contributed by atoms with Crippen LogP contribution in [-0.2, 0) is 0 Å². The van der Waals surface area contributed by atoms with Gasteiger partial charge in [-0.05, 0) is 30.3 Å². The molecule has 0 bridgehead atoms. The predicted octanol–water partition coefficient (Wildman–Crippen LogP) is 4.64. The van der Waals surface area contributed by atoms with Crippen molar-refractivity contribution >= 4 is 34.0 Å². The maximum absolute atomic E-state index is 13.2. The second-order valence-electron chi connectivity index (χ2n) is 4.44. The number of halogens is 2. The van der Waals surface area contributed by atoms with E-state index in [1.54, 1.807) is 12.1 Å². The van der Waals surface area contributed by atoms with Crippen LogP contribution in [0.25, 0.3) is 10.9 Å². The average molecular weight is 298 g/mol. The summed E-state index contributed by atoms with van der Waals surface area (Å²) in [5.74, 6) is -0.0759. The lowest BCUT2D eigenvalue weighted by molar-refractivity contribution is 0.628. The Labute approximate surface area is 125 Å². The molecule has 21 heavy (non-hydrogen) atoms. The number of benzene rings is 2. The van der Waals surface area contributed by atoms with Gasteiger partial charge in [-0.25, -0.2) is 9.37 Å². The number of anilines is 2. The first-order valence-corrected chi connectivity index (χ1v) is 6.57. The molecule has 0 radical (unpaired) electrons. The van der Waals surface area contributed by atoms with Crippen LogP contribution in [0.2, 0.25) is 5.02 Å². The zero-order chi connectivity index (χ0) is 14.8. The number of fused-ring (bicyclic) bond motifs is 1. The van der Waals surface area contributed by atoms with Gasteiger partial charge in [0.15, 0.2) is 0 Å². The Bertz CT molecular complexity index is 871. The predicted molar refractivity (Wildman–Crippen MR) is 81.2 cm³/mol. The molecule has 5 heteroatoms. The highest BCUT2D eigenvalue weighted by molar-refractivity contribution is 6.31. The van der Waals surface area contributed by atoms with Crippen molar-refractivity contribution < 1.29 is 4.39 Å². The number of hydrogen-bond donors (Lipinski definition) is 1. The summed E-state index contributed by atoms with van der Waals surface area (Å²) in [6.45, 7) is 0. The summed E-state index contributed by atoms with van der Waals surface area (Å²) in [5, 5.41) is 13.1. The van der Waals surface area contributed by atoms with E-state index in [0.717, 1.165) is 10.9 Å². The van der Waals surface area contributed by atoms with E-state index in [0.29, 0.717) is 17.1 Å². The molecule has 0 amide bonds. The first kappa shape index (κ1) is 13.3. The van der Waals surface area contributed by atoms with E-state index in [-0.39, 0.29) is 5.02 Å². The van der Waals surface area contributed by atoms with Gasteiger partial charge in [0.2, 0.25) is 0 Å². The Morgan fingerprint density at radius 1 is 1.14 bits per heavy atom. The van der Waals surface area contributed by atoms with E-state index >= 15 is 0 Å². The largest absolute Gasteiger partial charge is 0.339 e. The Balaban J connectivity index is 2.06. The van der Waals surface area contributed by atoms with Crippen molar-refractivity contribution in [3.63, 3.8) is 0 Å². The lowest BCUT2D eigenvalue weighted by Gasteiger charge is -2.09. The van der Waals surface area contributed by atoms with Gasteiger partial charge in [0.1, 0.15) is 17.7 Å². The Morgan fingerprint density at radius 3 is 2.71 bits per heavy atom. The maximum atomic E-state index is 13.2. The molecule has 3 aromatic rings. The number of aromatic nitrogens is 1. The van der Waals surface area contributed by atoms with Crippen LogP contribution in [0.3, 0.4) is 0 Å². The normalized spacial score (nSPS) is 10.3. The van der Waals surface area contributed by atoms with E-state index in [1.165, 1.54) is 12.1 Å². The molecule has 0 aliphatic carbocycles. The van der Waals surface area contributed by atoms with E-state index in [9.17, 15) is 9.65 Å². The number of para-hydroxylation sites is 1. The molecule has 0 saturated heterocycles. The van der Waals surface area contributed by atoms with Crippen LogP contribution in [0.15, 0.2) is 48.5 Å². The van der Waals surface area contributed by atoms with Gasteiger partial charge < -0.3 is 5.32 Å². The topological polar surface area (TPSA) is 48.7 Å². The van der Waals surface area contributed by atoms with Crippen molar-refractivity contribution in [1.82, 2.24) is 4.98 Å². The summed E-state index contributed by atoms with van der Waals surface area (Å²) in [6, 6.07) is 15.6. The molecule has 3 nitrogen and oxygen atoms in total. The van der Waals surface area contributed by atoms with Gasteiger partial charge in [-0.1, -0.05) is 29.8 Å². The highest BCUT2D eigenvalue weighted by Crippen LogP contribution is 2.25. The summed E-state index contributed by atoms with van der Waals surface area (Å²) < 4.78 is 13.2. The number of nitriles is 1. The van der Waals surface area contributed by atoms with Gasteiger partial charge in [0.25, 0.3) is 0 Å².